The first-order valence-electron chi connectivity index (χ1n) is 6.07. The van der Waals surface area contributed by atoms with Gasteiger partial charge in [-0.2, -0.15) is 0 Å². The summed E-state index contributed by atoms with van der Waals surface area (Å²) < 4.78 is 28.1. The lowest BCUT2D eigenvalue weighted by Gasteiger charge is -2.19. The van der Waals surface area contributed by atoms with Crippen molar-refractivity contribution in [2.75, 3.05) is 0 Å². The third kappa shape index (κ3) is 2.39. The fourth-order valence-electron chi connectivity index (χ4n) is 2.18. The monoisotopic (exact) mass is 349 g/mol. The van der Waals surface area contributed by atoms with Crippen LogP contribution in [-0.2, 0) is 10.0 Å². The molecule has 0 saturated heterocycles. The van der Waals surface area contributed by atoms with Crippen molar-refractivity contribution >= 4 is 37.7 Å². The zero-order valence-corrected chi connectivity index (χ0v) is 13.1. The molecule has 3 rings (SSSR count). The van der Waals surface area contributed by atoms with Gasteiger partial charge in [0.05, 0.1) is 10.6 Å². The van der Waals surface area contributed by atoms with E-state index in [0.717, 1.165) is 21.2 Å². The first kappa shape index (κ1) is 13.4. The van der Waals surface area contributed by atoms with Crippen LogP contribution < -0.4 is 4.72 Å². The Hall–Kier alpha value is -1.59. The van der Waals surface area contributed by atoms with E-state index in [4.69, 9.17) is 0 Å². The average molecular weight is 350 g/mol. The molecule has 3 nitrogen and oxygen atoms in total. The number of nitrogens with one attached hydrogen (secondary N) is 1. The van der Waals surface area contributed by atoms with Crippen LogP contribution >= 0.6 is 15.9 Å². The van der Waals surface area contributed by atoms with E-state index in [-0.39, 0.29) is 0 Å². The molecule has 0 unspecified atom stereocenters. The van der Waals surface area contributed by atoms with Crippen LogP contribution in [0.2, 0.25) is 0 Å². The van der Waals surface area contributed by atoms with Gasteiger partial charge in [-0.05, 0) is 42.3 Å². The van der Waals surface area contributed by atoms with Crippen molar-refractivity contribution in [2.24, 2.45) is 0 Å². The number of aryl methyl sites for hydroxylation is 1. The van der Waals surface area contributed by atoms with Crippen LogP contribution in [0.25, 0.3) is 11.8 Å². The highest BCUT2D eigenvalue weighted by molar-refractivity contribution is 9.10. The van der Waals surface area contributed by atoms with Gasteiger partial charge in [0.1, 0.15) is 0 Å². The second-order valence-electron chi connectivity index (χ2n) is 4.71. The Morgan fingerprint density at radius 1 is 1.05 bits per heavy atom. The first-order chi connectivity index (χ1) is 9.45. The lowest BCUT2D eigenvalue weighted by molar-refractivity contribution is 0.591. The van der Waals surface area contributed by atoms with Gasteiger partial charge >= 0.3 is 0 Å². The Morgan fingerprint density at radius 2 is 1.75 bits per heavy atom. The SMILES string of the molecule is Cc1ccc2c(c1)C=C(c1ccc(Br)cc1)NS2(=O)=O. The lowest BCUT2D eigenvalue weighted by atomic mass is 10.1. The van der Waals surface area contributed by atoms with E-state index in [9.17, 15) is 8.42 Å². The standard InChI is InChI=1S/C15H12BrNO2S/c1-10-2-7-15-12(8-10)9-14(17-20(15,18)19)11-3-5-13(16)6-4-11/h2-9,17H,1H3. The van der Waals surface area contributed by atoms with Crippen molar-refractivity contribution in [2.45, 2.75) is 11.8 Å². The Kier molecular flexibility index (Phi) is 3.18. The summed E-state index contributed by atoms with van der Waals surface area (Å²) in [4.78, 5) is 0.323. The van der Waals surface area contributed by atoms with E-state index in [0.29, 0.717) is 10.6 Å². The molecule has 0 saturated carbocycles. The summed E-state index contributed by atoms with van der Waals surface area (Å²) in [6, 6.07) is 12.8. The molecule has 0 fully saturated rings. The Balaban J connectivity index is 2.18. The molecule has 5 heteroatoms. The molecule has 1 N–H and O–H groups in total. The van der Waals surface area contributed by atoms with Crippen LogP contribution in [0.4, 0.5) is 0 Å². The largest absolute Gasteiger partial charge is 0.279 e. The van der Waals surface area contributed by atoms with E-state index in [2.05, 4.69) is 20.7 Å². The van der Waals surface area contributed by atoms with Gasteiger partial charge in [0.2, 0.25) is 0 Å². The molecule has 2 aromatic rings. The molecule has 0 radical (unpaired) electrons. The van der Waals surface area contributed by atoms with Crippen LogP contribution in [0.1, 0.15) is 16.7 Å². The van der Waals surface area contributed by atoms with Crippen LogP contribution in [0.5, 0.6) is 0 Å². The highest BCUT2D eigenvalue weighted by Crippen LogP contribution is 2.29. The van der Waals surface area contributed by atoms with Crippen molar-refractivity contribution in [3.8, 4) is 0 Å². The molecule has 1 heterocycles. The highest BCUT2D eigenvalue weighted by Gasteiger charge is 2.24. The minimum atomic E-state index is -3.50. The molecule has 2 aromatic carbocycles. The maximum absolute atomic E-state index is 12.3. The normalized spacial score (nSPS) is 16.0. The molecule has 102 valence electrons. The van der Waals surface area contributed by atoms with E-state index < -0.39 is 10.0 Å². The molecular weight excluding hydrogens is 338 g/mol. The van der Waals surface area contributed by atoms with E-state index in [1.807, 2.05) is 43.3 Å². The van der Waals surface area contributed by atoms with Crippen LogP contribution in [0.3, 0.4) is 0 Å². The van der Waals surface area contributed by atoms with E-state index in [1.54, 1.807) is 12.1 Å². The second kappa shape index (κ2) is 4.75. The molecule has 0 amide bonds. The number of hydrogen-bond donors (Lipinski definition) is 1. The molecule has 1 aliphatic rings. The number of rotatable bonds is 1. The lowest BCUT2D eigenvalue weighted by Crippen LogP contribution is -2.26. The number of halogens is 1. The summed E-state index contributed by atoms with van der Waals surface area (Å²) in [5.41, 5.74) is 3.19. The fourth-order valence-corrected chi connectivity index (χ4v) is 3.70. The summed E-state index contributed by atoms with van der Waals surface area (Å²) in [5, 5.41) is 0. The number of fused-ring (bicyclic) bond motifs is 1. The number of sulfonamides is 1. The third-order valence-electron chi connectivity index (χ3n) is 3.15. The Bertz CT molecular complexity index is 808. The van der Waals surface area contributed by atoms with Gasteiger partial charge in [0, 0.05) is 4.47 Å². The molecule has 0 aromatic heterocycles. The molecule has 0 spiro atoms. The minimum Gasteiger partial charge on any atom is -0.279 e. The average Bonchev–Trinajstić information content (AvgIpc) is 2.38. The predicted octanol–water partition coefficient (Wildman–Crippen LogP) is 3.55. The van der Waals surface area contributed by atoms with Crippen molar-refractivity contribution in [3.63, 3.8) is 0 Å². The predicted molar refractivity (Wildman–Crippen MR) is 83.5 cm³/mol. The highest BCUT2D eigenvalue weighted by atomic mass is 79.9. The van der Waals surface area contributed by atoms with Crippen LogP contribution in [0.15, 0.2) is 51.8 Å². The van der Waals surface area contributed by atoms with Crippen molar-refractivity contribution < 1.29 is 8.42 Å². The molecule has 20 heavy (non-hydrogen) atoms. The maximum Gasteiger partial charge on any atom is 0.262 e. The maximum atomic E-state index is 12.3. The summed E-state index contributed by atoms with van der Waals surface area (Å²) >= 11 is 3.37. The second-order valence-corrected chi connectivity index (χ2v) is 7.28. The number of benzene rings is 2. The zero-order valence-electron chi connectivity index (χ0n) is 10.7. The summed E-state index contributed by atoms with van der Waals surface area (Å²) in [5.74, 6) is 0. The quantitative estimate of drug-likeness (QED) is 0.855. The first-order valence-corrected chi connectivity index (χ1v) is 8.34. The Labute approximate surface area is 126 Å². The van der Waals surface area contributed by atoms with E-state index >= 15 is 0 Å². The topological polar surface area (TPSA) is 46.2 Å². The fraction of sp³-hybridized carbons (Fsp3) is 0.0667. The molecule has 0 atom stereocenters. The van der Waals surface area contributed by atoms with Gasteiger partial charge in [0.15, 0.2) is 0 Å². The number of hydrogen-bond acceptors (Lipinski definition) is 2. The van der Waals surface area contributed by atoms with Gasteiger partial charge in [0.25, 0.3) is 10.0 Å². The summed E-state index contributed by atoms with van der Waals surface area (Å²) in [7, 11) is -3.50. The Morgan fingerprint density at radius 3 is 2.45 bits per heavy atom. The summed E-state index contributed by atoms with van der Waals surface area (Å²) in [6.45, 7) is 1.95. The van der Waals surface area contributed by atoms with Crippen LogP contribution in [-0.4, -0.2) is 8.42 Å². The third-order valence-corrected chi connectivity index (χ3v) is 5.12. The molecule has 0 aliphatic carbocycles. The smallest absolute Gasteiger partial charge is 0.262 e. The summed E-state index contributed by atoms with van der Waals surface area (Å²) in [6.07, 6.45) is 1.87. The van der Waals surface area contributed by atoms with Crippen molar-refractivity contribution in [1.29, 1.82) is 0 Å². The van der Waals surface area contributed by atoms with Gasteiger partial charge in [-0.1, -0.05) is 45.8 Å². The molecular formula is C15H12BrNO2S. The van der Waals surface area contributed by atoms with Gasteiger partial charge in [-0.15, -0.1) is 0 Å². The van der Waals surface area contributed by atoms with Crippen LogP contribution in [0, 0.1) is 6.92 Å². The van der Waals surface area contributed by atoms with Crippen molar-refractivity contribution in [3.05, 3.63) is 63.6 Å². The minimum absolute atomic E-state index is 0.323. The van der Waals surface area contributed by atoms with Crippen molar-refractivity contribution in [1.82, 2.24) is 4.72 Å². The van der Waals surface area contributed by atoms with E-state index in [1.165, 1.54) is 0 Å². The van der Waals surface area contributed by atoms with Gasteiger partial charge in [-0.3, -0.25) is 4.72 Å². The zero-order chi connectivity index (χ0) is 14.3. The molecule has 0 bridgehead atoms. The molecule has 1 aliphatic heterocycles. The van der Waals surface area contributed by atoms with Gasteiger partial charge in [-0.25, -0.2) is 8.42 Å². The van der Waals surface area contributed by atoms with Gasteiger partial charge < -0.3 is 0 Å².